The number of methoxy groups -OCH3 is 1. The zero-order valence-corrected chi connectivity index (χ0v) is 16.4. The smallest absolute Gasteiger partial charge is 0.142 e. The van der Waals surface area contributed by atoms with Crippen LogP contribution in [0.5, 0.6) is 5.75 Å². The SMILES string of the molecule is COc1ccc2ccccc2c1/C=C1\C(C)=C(C#N)c2nc(N)c(C#N)c(C)c21. The normalized spacial score (nSPS) is 14.0. The highest BCUT2D eigenvalue weighted by atomic mass is 16.5. The molecule has 0 aliphatic heterocycles. The van der Waals surface area contributed by atoms with Crippen molar-refractivity contribution in [3.05, 3.63) is 69.9 Å². The van der Waals surface area contributed by atoms with E-state index in [9.17, 15) is 10.5 Å². The van der Waals surface area contributed by atoms with Crippen molar-refractivity contribution in [3.8, 4) is 17.9 Å². The third kappa shape index (κ3) is 2.64. The van der Waals surface area contributed by atoms with E-state index in [0.717, 1.165) is 44.4 Å². The maximum Gasteiger partial charge on any atom is 0.142 e. The highest BCUT2D eigenvalue weighted by Crippen LogP contribution is 2.45. The number of nitrogen functional groups attached to an aromatic ring is 1. The Morgan fingerprint density at radius 2 is 1.83 bits per heavy atom. The minimum absolute atomic E-state index is 0.147. The van der Waals surface area contributed by atoms with E-state index >= 15 is 0 Å². The van der Waals surface area contributed by atoms with E-state index in [4.69, 9.17) is 10.5 Å². The van der Waals surface area contributed by atoms with Gasteiger partial charge in [-0.2, -0.15) is 10.5 Å². The third-order valence-corrected chi connectivity index (χ3v) is 5.42. The summed E-state index contributed by atoms with van der Waals surface area (Å²) in [5, 5.41) is 21.4. The lowest BCUT2D eigenvalue weighted by Crippen LogP contribution is -2.03. The summed E-state index contributed by atoms with van der Waals surface area (Å²) in [6, 6.07) is 16.4. The molecule has 5 nitrogen and oxygen atoms in total. The molecule has 5 heteroatoms. The highest BCUT2D eigenvalue weighted by molar-refractivity contribution is 6.11. The number of ether oxygens (including phenoxy) is 1. The molecule has 0 fully saturated rings. The lowest BCUT2D eigenvalue weighted by molar-refractivity contribution is 0.414. The molecule has 140 valence electrons. The van der Waals surface area contributed by atoms with Gasteiger partial charge in [0, 0.05) is 11.1 Å². The van der Waals surface area contributed by atoms with E-state index < -0.39 is 0 Å². The minimum atomic E-state index is 0.147. The first kappa shape index (κ1) is 18.3. The van der Waals surface area contributed by atoms with Crippen molar-refractivity contribution in [2.45, 2.75) is 13.8 Å². The number of hydrogen-bond acceptors (Lipinski definition) is 5. The van der Waals surface area contributed by atoms with Gasteiger partial charge >= 0.3 is 0 Å². The van der Waals surface area contributed by atoms with Crippen LogP contribution in [0.2, 0.25) is 0 Å². The Balaban J connectivity index is 2.10. The summed E-state index contributed by atoms with van der Waals surface area (Å²) in [5.74, 6) is 0.880. The number of nitriles is 2. The number of pyridine rings is 1. The van der Waals surface area contributed by atoms with Crippen molar-refractivity contribution >= 4 is 33.8 Å². The van der Waals surface area contributed by atoms with E-state index in [1.807, 2.05) is 56.3 Å². The Morgan fingerprint density at radius 3 is 2.52 bits per heavy atom. The lowest BCUT2D eigenvalue weighted by Gasteiger charge is -2.13. The number of rotatable bonds is 2. The van der Waals surface area contributed by atoms with Gasteiger partial charge in [0.2, 0.25) is 0 Å². The average molecular weight is 378 g/mol. The predicted molar refractivity (Wildman–Crippen MR) is 115 cm³/mol. The summed E-state index contributed by atoms with van der Waals surface area (Å²) >= 11 is 0. The Bertz CT molecular complexity index is 1330. The Labute approximate surface area is 169 Å². The van der Waals surface area contributed by atoms with Gasteiger partial charge in [0.1, 0.15) is 23.7 Å². The van der Waals surface area contributed by atoms with Crippen LogP contribution in [0.3, 0.4) is 0 Å². The molecular weight excluding hydrogens is 360 g/mol. The summed E-state index contributed by atoms with van der Waals surface area (Å²) in [7, 11) is 1.64. The van der Waals surface area contributed by atoms with E-state index in [1.54, 1.807) is 7.11 Å². The lowest BCUT2D eigenvalue weighted by atomic mass is 9.94. The first-order valence-electron chi connectivity index (χ1n) is 9.11. The molecule has 0 unspecified atom stereocenters. The van der Waals surface area contributed by atoms with Crippen LogP contribution in [0.1, 0.15) is 34.9 Å². The summed E-state index contributed by atoms with van der Waals surface area (Å²) in [6.45, 7) is 3.74. The largest absolute Gasteiger partial charge is 0.496 e. The molecule has 1 aliphatic carbocycles. The van der Waals surface area contributed by atoms with Gasteiger partial charge in [-0.3, -0.25) is 0 Å². The van der Waals surface area contributed by atoms with Crippen LogP contribution in [0.25, 0.3) is 28.0 Å². The van der Waals surface area contributed by atoms with Gasteiger partial charge in [0.05, 0.1) is 23.9 Å². The minimum Gasteiger partial charge on any atom is -0.496 e. The molecule has 2 aromatic carbocycles. The second-order valence-electron chi connectivity index (χ2n) is 6.90. The number of hydrogen-bond donors (Lipinski definition) is 1. The van der Waals surface area contributed by atoms with Crippen molar-refractivity contribution in [2.24, 2.45) is 0 Å². The topological polar surface area (TPSA) is 95.7 Å². The Kier molecular flexibility index (Phi) is 4.30. The number of anilines is 1. The van der Waals surface area contributed by atoms with Crippen molar-refractivity contribution in [2.75, 3.05) is 12.8 Å². The fourth-order valence-electron chi connectivity index (χ4n) is 3.94. The molecule has 29 heavy (non-hydrogen) atoms. The summed E-state index contributed by atoms with van der Waals surface area (Å²) < 4.78 is 5.62. The monoisotopic (exact) mass is 378 g/mol. The molecule has 1 aromatic heterocycles. The fraction of sp³-hybridized carbons (Fsp3) is 0.125. The van der Waals surface area contributed by atoms with Crippen LogP contribution in [0.4, 0.5) is 5.82 Å². The molecule has 0 saturated heterocycles. The van der Waals surface area contributed by atoms with Crippen LogP contribution >= 0.6 is 0 Å². The molecular formula is C24H18N4O. The molecule has 2 N–H and O–H groups in total. The number of benzene rings is 2. The first-order valence-corrected chi connectivity index (χ1v) is 9.11. The van der Waals surface area contributed by atoms with Crippen LogP contribution in [0.15, 0.2) is 42.0 Å². The zero-order chi connectivity index (χ0) is 20.7. The maximum atomic E-state index is 9.74. The Hall–Kier alpha value is -4.09. The molecule has 1 aliphatic rings. The fourth-order valence-corrected chi connectivity index (χ4v) is 3.94. The van der Waals surface area contributed by atoms with Crippen molar-refractivity contribution < 1.29 is 4.74 Å². The number of nitrogens with two attached hydrogens (primary N) is 1. The van der Waals surface area contributed by atoms with Gasteiger partial charge in [-0.05, 0) is 53.5 Å². The van der Waals surface area contributed by atoms with Crippen molar-refractivity contribution in [1.29, 1.82) is 10.5 Å². The van der Waals surface area contributed by atoms with E-state index in [-0.39, 0.29) is 5.82 Å². The number of fused-ring (bicyclic) bond motifs is 2. The van der Waals surface area contributed by atoms with Gasteiger partial charge in [0.15, 0.2) is 0 Å². The second kappa shape index (κ2) is 6.82. The average Bonchev–Trinajstić information content (AvgIpc) is 2.99. The summed E-state index contributed by atoms with van der Waals surface area (Å²) in [4.78, 5) is 4.39. The van der Waals surface area contributed by atoms with E-state index in [2.05, 4.69) is 17.1 Å². The maximum absolute atomic E-state index is 9.74. The Morgan fingerprint density at radius 1 is 1.07 bits per heavy atom. The van der Waals surface area contributed by atoms with Gasteiger partial charge in [-0.15, -0.1) is 0 Å². The standard InChI is InChI=1S/C24H18N4O/c1-13-17(10-18-16-7-5-4-6-15(16)8-9-21(18)29-3)22-14(2)20(12-26)24(27)28-23(22)19(13)11-25/h4-10H,1-3H3,(H2,27,28)/b17-10+. The van der Waals surface area contributed by atoms with Crippen LogP contribution < -0.4 is 10.5 Å². The van der Waals surface area contributed by atoms with Gasteiger partial charge in [-0.1, -0.05) is 30.3 Å². The van der Waals surface area contributed by atoms with Crippen LogP contribution in [-0.4, -0.2) is 12.1 Å². The van der Waals surface area contributed by atoms with Crippen LogP contribution in [0, 0.1) is 29.6 Å². The molecule has 0 amide bonds. The molecule has 0 radical (unpaired) electrons. The van der Waals surface area contributed by atoms with E-state index in [1.165, 1.54) is 0 Å². The molecule has 0 bridgehead atoms. The summed E-state index contributed by atoms with van der Waals surface area (Å²) in [5.41, 5.74) is 11.4. The molecule has 0 spiro atoms. The van der Waals surface area contributed by atoms with Crippen molar-refractivity contribution in [3.63, 3.8) is 0 Å². The number of allylic oxidation sites excluding steroid dienone is 3. The molecule has 3 aromatic rings. The molecule has 0 atom stereocenters. The summed E-state index contributed by atoms with van der Waals surface area (Å²) in [6.07, 6.45) is 2.02. The van der Waals surface area contributed by atoms with Gasteiger partial charge in [0.25, 0.3) is 0 Å². The first-order chi connectivity index (χ1) is 14.0. The predicted octanol–water partition coefficient (Wildman–Crippen LogP) is 4.86. The third-order valence-electron chi connectivity index (χ3n) is 5.42. The molecule has 1 heterocycles. The van der Waals surface area contributed by atoms with Crippen molar-refractivity contribution in [1.82, 2.24) is 4.98 Å². The van der Waals surface area contributed by atoms with Crippen LogP contribution in [-0.2, 0) is 0 Å². The quantitative estimate of drug-likeness (QED) is 0.687. The second-order valence-corrected chi connectivity index (χ2v) is 6.90. The molecule has 4 rings (SSSR count). The van der Waals surface area contributed by atoms with Gasteiger partial charge < -0.3 is 10.5 Å². The highest BCUT2D eigenvalue weighted by Gasteiger charge is 2.30. The molecule has 0 saturated carbocycles. The number of aromatic nitrogens is 1. The zero-order valence-electron chi connectivity index (χ0n) is 16.4. The van der Waals surface area contributed by atoms with E-state index in [0.29, 0.717) is 16.8 Å². The van der Waals surface area contributed by atoms with Gasteiger partial charge in [-0.25, -0.2) is 4.98 Å². The number of nitrogens with zero attached hydrogens (tertiary/aromatic N) is 3.